The molecule has 1 aliphatic heterocycles. The third kappa shape index (κ3) is 4.19. The molecule has 0 spiro atoms. The third-order valence-corrected chi connectivity index (χ3v) is 4.45. The van der Waals surface area contributed by atoms with Gasteiger partial charge >= 0.3 is 0 Å². The van der Waals surface area contributed by atoms with E-state index in [1.54, 1.807) is 0 Å². The van der Waals surface area contributed by atoms with Crippen LogP contribution in [-0.2, 0) is 9.53 Å². The van der Waals surface area contributed by atoms with E-state index >= 15 is 0 Å². The zero-order chi connectivity index (χ0) is 14.6. The molecule has 116 valence electrons. The summed E-state index contributed by atoms with van der Waals surface area (Å²) >= 11 is 0. The van der Waals surface area contributed by atoms with Crippen LogP contribution in [0.5, 0.6) is 0 Å². The van der Waals surface area contributed by atoms with Gasteiger partial charge in [-0.3, -0.25) is 4.79 Å². The van der Waals surface area contributed by atoms with E-state index < -0.39 is 0 Å². The van der Waals surface area contributed by atoms with Gasteiger partial charge in [-0.25, -0.2) is 0 Å². The predicted octanol–water partition coefficient (Wildman–Crippen LogP) is 2.35. The number of ether oxygens (including phenoxy) is 1. The fourth-order valence-electron chi connectivity index (χ4n) is 3.52. The SMILES string of the molecule is CC1(C)CN(C(=O)C2CCCCCCC2)CC(CO)O1. The highest BCUT2D eigenvalue weighted by molar-refractivity contribution is 5.79. The molecule has 1 heterocycles. The summed E-state index contributed by atoms with van der Waals surface area (Å²) in [5.41, 5.74) is -0.358. The van der Waals surface area contributed by atoms with Crippen LogP contribution in [0.25, 0.3) is 0 Å². The first-order chi connectivity index (χ1) is 9.52. The van der Waals surface area contributed by atoms with Gasteiger partial charge in [0.05, 0.1) is 18.3 Å². The quantitative estimate of drug-likeness (QED) is 0.846. The lowest BCUT2D eigenvalue weighted by molar-refractivity contribution is -0.170. The van der Waals surface area contributed by atoms with Gasteiger partial charge in [-0.2, -0.15) is 0 Å². The molecule has 1 saturated carbocycles. The maximum absolute atomic E-state index is 12.8. The zero-order valence-electron chi connectivity index (χ0n) is 12.9. The molecule has 1 saturated heterocycles. The molecular formula is C16H29NO3. The second-order valence-corrected chi connectivity index (χ2v) is 6.94. The van der Waals surface area contributed by atoms with Crippen molar-refractivity contribution in [1.82, 2.24) is 4.90 Å². The molecule has 1 amide bonds. The van der Waals surface area contributed by atoms with Crippen LogP contribution in [0.15, 0.2) is 0 Å². The Morgan fingerprint density at radius 1 is 1.20 bits per heavy atom. The number of hydrogen-bond acceptors (Lipinski definition) is 3. The van der Waals surface area contributed by atoms with Gasteiger partial charge < -0.3 is 14.7 Å². The van der Waals surface area contributed by atoms with E-state index in [1.165, 1.54) is 32.1 Å². The Kier molecular flexibility index (Phi) is 5.44. The van der Waals surface area contributed by atoms with E-state index in [9.17, 15) is 9.90 Å². The Morgan fingerprint density at radius 3 is 2.40 bits per heavy atom. The van der Waals surface area contributed by atoms with Crippen LogP contribution in [0.3, 0.4) is 0 Å². The minimum absolute atomic E-state index is 0.0160. The molecule has 0 aromatic rings. The molecule has 1 atom stereocenters. The van der Waals surface area contributed by atoms with Crippen LogP contribution >= 0.6 is 0 Å². The predicted molar refractivity (Wildman–Crippen MR) is 78.4 cm³/mol. The topological polar surface area (TPSA) is 49.8 Å². The summed E-state index contributed by atoms with van der Waals surface area (Å²) in [6.45, 7) is 5.15. The number of carbonyl (C=O) groups is 1. The fraction of sp³-hybridized carbons (Fsp3) is 0.938. The highest BCUT2D eigenvalue weighted by Crippen LogP contribution is 2.27. The average Bonchev–Trinajstić information content (AvgIpc) is 2.35. The maximum Gasteiger partial charge on any atom is 0.225 e. The van der Waals surface area contributed by atoms with Crippen molar-refractivity contribution < 1.29 is 14.6 Å². The molecular weight excluding hydrogens is 254 g/mol. The van der Waals surface area contributed by atoms with Crippen LogP contribution in [-0.4, -0.2) is 47.3 Å². The highest BCUT2D eigenvalue weighted by Gasteiger charge is 2.37. The molecule has 4 heteroatoms. The summed E-state index contributed by atoms with van der Waals surface area (Å²) in [5.74, 6) is 0.463. The molecule has 0 radical (unpaired) electrons. The third-order valence-electron chi connectivity index (χ3n) is 4.45. The molecule has 2 fully saturated rings. The van der Waals surface area contributed by atoms with Crippen molar-refractivity contribution >= 4 is 5.91 Å². The summed E-state index contributed by atoms with van der Waals surface area (Å²) in [6, 6.07) is 0. The number of rotatable bonds is 2. The van der Waals surface area contributed by atoms with Gasteiger partial charge in [-0.1, -0.05) is 32.1 Å². The molecule has 1 aliphatic carbocycles. The Morgan fingerprint density at radius 2 is 1.80 bits per heavy atom. The second kappa shape index (κ2) is 6.90. The van der Waals surface area contributed by atoms with Gasteiger partial charge in [0, 0.05) is 19.0 Å². The van der Waals surface area contributed by atoms with Gasteiger partial charge in [0.15, 0.2) is 0 Å². The average molecular weight is 283 g/mol. The smallest absolute Gasteiger partial charge is 0.225 e. The van der Waals surface area contributed by atoms with E-state index in [-0.39, 0.29) is 30.1 Å². The van der Waals surface area contributed by atoms with Gasteiger partial charge in [0.25, 0.3) is 0 Å². The molecule has 2 aliphatic rings. The van der Waals surface area contributed by atoms with E-state index in [1.807, 2.05) is 18.7 Å². The summed E-state index contributed by atoms with van der Waals surface area (Å²) < 4.78 is 5.79. The van der Waals surface area contributed by atoms with Gasteiger partial charge in [-0.05, 0) is 26.7 Å². The highest BCUT2D eigenvalue weighted by atomic mass is 16.5. The lowest BCUT2D eigenvalue weighted by atomic mass is 9.89. The van der Waals surface area contributed by atoms with Gasteiger partial charge in [-0.15, -0.1) is 0 Å². The number of carbonyl (C=O) groups excluding carboxylic acids is 1. The molecule has 0 bridgehead atoms. The molecule has 1 unspecified atom stereocenters. The molecule has 0 aromatic carbocycles. The van der Waals surface area contributed by atoms with Crippen molar-refractivity contribution in [3.63, 3.8) is 0 Å². The van der Waals surface area contributed by atoms with Crippen LogP contribution in [0.1, 0.15) is 58.8 Å². The minimum Gasteiger partial charge on any atom is -0.394 e. The van der Waals surface area contributed by atoms with Crippen LogP contribution in [0, 0.1) is 5.92 Å². The lowest BCUT2D eigenvalue weighted by Crippen LogP contribution is -2.56. The lowest BCUT2D eigenvalue weighted by Gasteiger charge is -2.43. The molecule has 4 nitrogen and oxygen atoms in total. The van der Waals surface area contributed by atoms with Crippen LogP contribution < -0.4 is 0 Å². The maximum atomic E-state index is 12.8. The van der Waals surface area contributed by atoms with E-state index in [4.69, 9.17) is 4.74 Å². The first kappa shape index (κ1) is 15.8. The Hall–Kier alpha value is -0.610. The first-order valence-electron chi connectivity index (χ1n) is 8.09. The van der Waals surface area contributed by atoms with E-state index in [0.717, 1.165) is 12.8 Å². The van der Waals surface area contributed by atoms with Crippen molar-refractivity contribution in [3.8, 4) is 0 Å². The van der Waals surface area contributed by atoms with Crippen molar-refractivity contribution in [2.75, 3.05) is 19.7 Å². The number of aliphatic hydroxyl groups excluding tert-OH is 1. The normalized spacial score (nSPS) is 28.8. The minimum atomic E-state index is -0.358. The van der Waals surface area contributed by atoms with Crippen LogP contribution in [0.4, 0.5) is 0 Å². The monoisotopic (exact) mass is 283 g/mol. The molecule has 1 N–H and O–H groups in total. The number of morpholine rings is 1. The Balaban J connectivity index is 1.98. The summed E-state index contributed by atoms with van der Waals surface area (Å²) in [4.78, 5) is 14.7. The molecule has 20 heavy (non-hydrogen) atoms. The van der Waals surface area contributed by atoms with Gasteiger partial charge in [0.2, 0.25) is 5.91 Å². The number of hydrogen-bond donors (Lipinski definition) is 1. The van der Waals surface area contributed by atoms with Crippen molar-refractivity contribution in [2.24, 2.45) is 5.92 Å². The first-order valence-corrected chi connectivity index (χ1v) is 8.09. The van der Waals surface area contributed by atoms with E-state index in [2.05, 4.69) is 0 Å². The number of aliphatic hydroxyl groups is 1. The largest absolute Gasteiger partial charge is 0.394 e. The second-order valence-electron chi connectivity index (χ2n) is 6.94. The molecule has 0 aromatic heterocycles. The number of nitrogens with zero attached hydrogens (tertiary/aromatic N) is 1. The zero-order valence-corrected chi connectivity index (χ0v) is 12.9. The summed E-state index contributed by atoms with van der Waals surface area (Å²) in [5, 5.41) is 9.35. The van der Waals surface area contributed by atoms with Crippen LogP contribution in [0.2, 0.25) is 0 Å². The Bertz CT molecular complexity index is 322. The number of amides is 1. The van der Waals surface area contributed by atoms with Gasteiger partial charge in [0.1, 0.15) is 0 Å². The van der Waals surface area contributed by atoms with E-state index in [0.29, 0.717) is 13.1 Å². The fourth-order valence-corrected chi connectivity index (χ4v) is 3.52. The Labute approximate surface area is 122 Å². The van der Waals surface area contributed by atoms with Crippen molar-refractivity contribution in [2.45, 2.75) is 70.5 Å². The van der Waals surface area contributed by atoms with Crippen molar-refractivity contribution in [3.05, 3.63) is 0 Å². The van der Waals surface area contributed by atoms with Crippen molar-refractivity contribution in [1.29, 1.82) is 0 Å². The summed E-state index contributed by atoms with van der Waals surface area (Å²) in [7, 11) is 0. The summed E-state index contributed by atoms with van der Waals surface area (Å²) in [6.07, 6.45) is 8.01. The molecule has 2 rings (SSSR count). The standard InChI is InChI=1S/C16H29NO3/c1-16(2)12-17(10-14(11-18)20-16)15(19)13-8-6-4-3-5-7-9-13/h13-14,18H,3-12H2,1-2H3.